The molecule has 0 spiro atoms. The maximum atomic E-state index is 12.6. The molecule has 0 bridgehead atoms. The van der Waals surface area contributed by atoms with Gasteiger partial charge in [-0.3, -0.25) is 4.90 Å². The summed E-state index contributed by atoms with van der Waals surface area (Å²) in [6.45, 7) is 7.08. The van der Waals surface area contributed by atoms with Crippen LogP contribution in [0.15, 0.2) is 30.3 Å². The van der Waals surface area contributed by atoms with E-state index in [-0.39, 0.29) is 10.9 Å². The molecule has 1 fully saturated rings. The highest BCUT2D eigenvalue weighted by molar-refractivity contribution is 8.24. The van der Waals surface area contributed by atoms with Gasteiger partial charge in [0.1, 0.15) is 9.07 Å². The molecule has 1 unspecified atom stereocenters. The average Bonchev–Trinajstić information content (AvgIpc) is 2.60. The third-order valence-corrected chi connectivity index (χ3v) is 4.91. The van der Waals surface area contributed by atoms with Crippen LogP contribution in [-0.2, 0) is 0 Å². The fourth-order valence-corrected chi connectivity index (χ4v) is 4.40. The van der Waals surface area contributed by atoms with Gasteiger partial charge in [0.2, 0.25) is 0 Å². The molecule has 0 radical (unpaired) electrons. The van der Waals surface area contributed by atoms with E-state index in [1.165, 1.54) is 0 Å². The van der Waals surface area contributed by atoms with E-state index >= 15 is 0 Å². The molecular weight excluding hydrogens is 288 g/mol. The molecule has 1 aromatic rings. The molecule has 0 amide bonds. The predicted octanol–water partition coefficient (Wildman–Crippen LogP) is 3.46. The number of hydrogen-bond donors (Lipinski definition) is 0. The lowest BCUT2D eigenvalue weighted by Crippen LogP contribution is -2.48. The van der Waals surface area contributed by atoms with Gasteiger partial charge in [-0.15, -0.1) is 0 Å². The van der Waals surface area contributed by atoms with E-state index in [9.17, 15) is 5.21 Å². The van der Waals surface area contributed by atoms with Crippen molar-refractivity contribution in [1.82, 2.24) is 4.90 Å². The molecular formula is C15H20N2OS2. The van der Waals surface area contributed by atoms with Crippen LogP contribution in [-0.4, -0.2) is 37.6 Å². The number of rotatable bonds is 4. The molecule has 5 heteroatoms. The van der Waals surface area contributed by atoms with Crippen LogP contribution in [0.1, 0.15) is 32.8 Å². The summed E-state index contributed by atoms with van der Waals surface area (Å²) in [7, 11) is 0. The van der Waals surface area contributed by atoms with E-state index in [0.717, 1.165) is 27.6 Å². The molecule has 0 saturated carbocycles. The normalized spacial score (nSPS) is 22.4. The fourth-order valence-electron chi connectivity index (χ4n) is 2.47. The van der Waals surface area contributed by atoms with Gasteiger partial charge < -0.3 is 5.21 Å². The van der Waals surface area contributed by atoms with Crippen LogP contribution in [0.4, 0.5) is 0 Å². The Kier molecular flexibility index (Phi) is 4.70. The van der Waals surface area contributed by atoms with E-state index in [1.54, 1.807) is 18.0 Å². The van der Waals surface area contributed by atoms with Crippen molar-refractivity contribution in [2.45, 2.75) is 38.1 Å². The van der Waals surface area contributed by atoms with Gasteiger partial charge in [0, 0.05) is 12.1 Å². The van der Waals surface area contributed by atoms with Gasteiger partial charge in [0.05, 0.1) is 0 Å². The van der Waals surface area contributed by atoms with E-state index < -0.39 is 0 Å². The van der Waals surface area contributed by atoms with Crippen molar-refractivity contribution in [3.8, 4) is 0 Å². The molecule has 1 aliphatic rings. The van der Waals surface area contributed by atoms with Gasteiger partial charge in [-0.05, 0) is 32.4 Å². The second-order valence-corrected chi connectivity index (χ2v) is 7.73. The topological polar surface area (TPSA) is 29.3 Å². The standard InChI is InChI=1S/C15H20N2OS2/c1-4-10-16-13(15(2,3)20-14(16)19)17(18)11-12-8-6-5-7-9-12/h5-9,11,13H,4,10H2,1-3H3/b17-11-. The van der Waals surface area contributed by atoms with Crippen LogP contribution < -0.4 is 0 Å². The molecule has 2 rings (SSSR count). The number of hydroxylamine groups is 1. The Balaban J connectivity index is 2.32. The minimum absolute atomic E-state index is 0.209. The van der Waals surface area contributed by atoms with Crippen molar-refractivity contribution >= 4 is 34.5 Å². The maximum Gasteiger partial charge on any atom is 0.254 e. The van der Waals surface area contributed by atoms with Gasteiger partial charge in [0.25, 0.3) is 6.17 Å². The van der Waals surface area contributed by atoms with Crippen molar-refractivity contribution in [2.24, 2.45) is 0 Å². The Morgan fingerprint density at radius 2 is 2.05 bits per heavy atom. The molecule has 20 heavy (non-hydrogen) atoms. The van der Waals surface area contributed by atoms with E-state index in [0.29, 0.717) is 0 Å². The summed E-state index contributed by atoms with van der Waals surface area (Å²) in [6.07, 6.45) is 2.39. The third-order valence-electron chi connectivity index (χ3n) is 3.28. The van der Waals surface area contributed by atoms with Crippen LogP contribution in [0.5, 0.6) is 0 Å². The monoisotopic (exact) mass is 308 g/mol. The highest BCUT2D eigenvalue weighted by Gasteiger charge is 2.49. The number of thiocarbonyl (C=S) groups is 1. The summed E-state index contributed by atoms with van der Waals surface area (Å²) in [5.41, 5.74) is 0.914. The van der Waals surface area contributed by atoms with Crippen LogP contribution in [0.2, 0.25) is 0 Å². The molecule has 0 aromatic heterocycles. The van der Waals surface area contributed by atoms with Gasteiger partial charge in [0.15, 0.2) is 6.21 Å². The van der Waals surface area contributed by atoms with E-state index in [4.69, 9.17) is 12.2 Å². The zero-order valence-corrected chi connectivity index (χ0v) is 13.7. The van der Waals surface area contributed by atoms with Crippen molar-refractivity contribution in [3.05, 3.63) is 41.1 Å². The average molecular weight is 308 g/mol. The summed E-state index contributed by atoms with van der Waals surface area (Å²) in [5, 5.41) is 12.6. The number of hydrogen-bond acceptors (Lipinski definition) is 3. The van der Waals surface area contributed by atoms with E-state index in [1.807, 2.05) is 35.2 Å². The number of benzene rings is 1. The van der Waals surface area contributed by atoms with Crippen molar-refractivity contribution < 1.29 is 4.74 Å². The van der Waals surface area contributed by atoms with Crippen molar-refractivity contribution in [2.75, 3.05) is 6.54 Å². The lowest BCUT2D eigenvalue weighted by Gasteiger charge is -2.29. The van der Waals surface area contributed by atoms with Crippen LogP contribution in [0.3, 0.4) is 0 Å². The Morgan fingerprint density at radius 3 is 2.65 bits per heavy atom. The third kappa shape index (κ3) is 3.15. The second-order valence-electron chi connectivity index (χ2n) is 5.44. The Morgan fingerprint density at radius 1 is 1.40 bits per heavy atom. The first-order chi connectivity index (χ1) is 9.45. The molecule has 0 N–H and O–H groups in total. The van der Waals surface area contributed by atoms with Crippen LogP contribution >= 0.6 is 24.0 Å². The molecule has 1 saturated heterocycles. The summed E-state index contributed by atoms with van der Waals surface area (Å²) in [6, 6.07) is 9.68. The molecule has 1 heterocycles. The minimum atomic E-state index is -0.250. The summed E-state index contributed by atoms with van der Waals surface area (Å²) < 4.78 is 1.67. The van der Waals surface area contributed by atoms with Gasteiger partial charge >= 0.3 is 0 Å². The molecule has 108 valence electrons. The van der Waals surface area contributed by atoms with Gasteiger partial charge in [-0.1, -0.05) is 49.1 Å². The zero-order chi connectivity index (χ0) is 14.8. The molecule has 3 nitrogen and oxygen atoms in total. The minimum Gasteiger partial charge on any atom is -0.622 e. The first-order valence-electron chi connectivity index (χ1n) is 6.80. The Labute approximate surface area is 130 Å². The zero-order valence-electron chi connectivity index (χ0n) is 12.1. The summed E-state index contributed by atoms with van der Waals surface area (Å²) >= 11 is 7.04. The smallest absolute Gasteiger partial charge is 0.254 e. The van der Waals surface area contributed by atoms with Crippen LogP contribution in [0, 0.1) is 5.21 Å². The lowest BCUT2D eigenvalue weighted by atomic mass is 10.1. The first kappa shape index (κ1) is 15.3. The molecule has 0 aliphatic carbocycles. The number of nitrogens with zero attached hydrogens (tertiary/aromatic N) is 2. The van der Waals surface area contributed by atoms with Crippen LogP contribution in [0.25, 0.3) is 0 Å². The largest absolute Gasteiger partial charge is 0.622 e. The highest BCUT2D eigenvalue weighted by atomic mass is 32.2. The maximum absolute atomic E-state index is 12.6. The molecule has 1 aromatic carbocycles. The predicted molar refractivity (Wildman–Crippen MR) is 90.3 cm³/mol. The SMILES string of the molecule is CCCN1C(=S)SC(C)(C)C1/[N+]([O-])=C/c1ccccc1. The van der Waals surface area contributed by atoms with Crippen molar-refractivity contribution in [1.29, 1.82) is 0 Å². The van der Waals surface area contributed by atoms with E-state index in [2.05, 4.69) is 20.8 Å². The number of thioether (sulfide) groups is 1. The Bertz CT molecular complexity index is 514. The highest BCUT2D eigenvalue weighted by Crippen LogP contribution is 2.41. The quantitative estimate of drug-likeness (QED) is 0.280. The first-order valence-corrected chi connectivity index (χ1v) is 8.03. The summed E-state index contributed by atoms with van der Waals surface area (Å²) in [4.78, 5) is 2.05. The fraction of sp³-hybridized carbons (Fsp3) is 0.467. The lowest BCUT2D eigenvalue weighted by molar-refractivity contribution is -0.523. The molecule has 1 aliphatic heterocycles. The second kappa shape index (κ2) is 6.14. The summed E-state index contributed by atoms with van der Waals surface area (Å²) in [5.74, 6) is 0. The molecule has 1 atom stereocenters. The Hall–Kier alpha value is -1.07. The van der Waals surface area contributed by atoms with Gasteiger partial charge in [-0.2, -0.15) is 4.74 Å². The van der Waals surface area contributed by atoms with Crippen molar-refractivity contribution in [3.63, 3.8) is 0 Å². The van der Waals surface area contributed by atoms with Gasteiger partial charge in [-0.25, -0.2) is 0 Å².